The fourth-order valence-corrected chi connectivity index (χ4v) is 5.49. The van der Waals surface area contributed by atoms with E-state index in [1.54, 1.807) is 0 Å². The van der Waals surface area contributed by atoms with E-state index in [4.69, 9.17) is 9.26 Å². The molecule has 0 N–H and O–H groups in total. The molecule has 2 heterocycles. The lowest BCUT2D eigenvalue weighted by Crippen LogP contribution is -2.51. The minimum absolute atomic E-state index is 0.0320. The van der Waals surface area contributed by atoms with Crippen LogP contribution in [0.2, 0.25) is 0 Å². The molecular formula is C23H31FN4O4S. The Morgan fingerprint density at radius 2 is 1.82 bits per heavy atom. The standard InChI is InChI=1S/C23H31FN4O4S/c1-33(29,30)19-8-9-21(20(24)14-19)31-15-16-2-6-18(7-3-16)27-10-12-28(13-11-27)23-25-22(26-32-23)17-4-5-17/h8-9,14,16-18H,2-7,10-13,15H2,1H3/t16-,18-. The zero-order valence-electron chi connectivity index (χ0n) is 19.0. The normalized spacial score (nSPS) is 24.7. The number of halogens is 1. The SMILES string of the molecule is CS(=O)(=O)c1ccc(OC[C@H]2CC[C@H](N3CCN(c4nc(C5CC5)no4)CC3)CC2)c(F)c1. The van der Waals surface area contributed by atoms with Crippen LogP contribution >= 0.6 is 0 Å². The van der Waals surface area contributed by atoms with E-state index in [9.17, 15) is 12.8 Å². The lowest BCUT2D eigenvalue weighted by Gasteiger charge is -2.41. The molecule has 1 aromatic carbocycles. The molecule has 0 amide bonds. The van der Waals surface area contributed by atoms with Gasteiger partial charge in [-0.2, -0.15) is 4.98 Å². The van der Waals surface area contributed by atoms with Crippen LogP contribution in [0.3, 0.4) is 0 Å². The summed E-state index contributed by atoms with van der Waals surface area (Å²) in [5.41, 5.74) is 0. The van der Waals surface area contributed by atoms with E-state index in [2.05, 4.69) is 19.9 Å². The summed E-state index contributed by atoms with van der Waals surface area (Å²) in [6.07, 6.45) is 7.71. The van der Waals surface area contributed by atoms with Gasteiger partial charge in [0.15, 0.2) is 27.2 Å². The van der Waals surface area contributed by atoms with Gasteiger partial charge in [-0.3, -0.25) is 4.90 Å². The Labute approximate surface area is 194 Å². The van der Waals surface area contributed by atoms with Crippen LogP contribution < -0.4 is 9.64 Å². The Hall–Kier alpha value is -2.20. The number of hydrogen-bond acceptors (Lipinski definition) is 8. The van der Waals surface area contributed by atoms with Gasteiger partial charge >= 0.3 is 6.01 Å². The van der Waals surface area contributed by atoms with Crippen LogP contribution in [0, 0.1) is 11.7 Å². The van der Waals surface area contributed by atoms with E-state index < -0.39 is 15.7 Å². The summed E-state index contributed by atoms with van der Waals surface area (Å²) in [5, 5.41) is 4.13. The van der Waals surface area contributed by atoms with Crippen LogP contribution in [0.1, 0.15) is 50.3 Å². The van der Waals surface area contributed by atoms with Gasteiger partial charge in [-0.25, -0.2) is 12.8 Å². The Balaban J connectivity index is 1.06. The fourth-order valence-electron chi connectivity index (χ4n) is 4.85. The number of piperazine rings is 1. The molecule has 10 heteroatoms. The van der Waals surface area contributed by atoms with Crippen molar-refractivity contribution in [3.05, 3.63) is 29.8 Å². The second-order valence-electron chi connectivity index (χ2n) is 9.58. The summed E-state index contributed by atoms with van der Waals surface area (Å²) in [7, 11) is -3.43. The number of anilines is 1. The van der Waals surface area contributed by atoms with Crippen molar-refractivity contribution in [3.63, 3.8) is 0 Å². The molecule has 2 aliphatic carbocycles. The summed E-state index contributed by atoms with van der Waals surface area (Å²) < 4.78 is 48.5. The molecule has 0 spiro atoms. The summed E-state index contributed by atoms with van der Waals surface area (Å²) in [4.78, 5) is 9.30. The minimum atomic E-state index is -3.43. The lowest BCUT2D eigenvalue weighted by molar-refractivity contribution is 0.109. The number of benzene rings is 1. The number of ether oxygens (including phenoxy) is 1. The second-order valence-corrected chi connectivity index (χ2v) is 11.6. The summed E-state index contributed by atoms with van der Waals surface area (Å²) in [6.45, 7) is 4.24. The predicted octanol–water partition coefficient (Wildman–Crippen LogP) is 3.25. The van der Waals surface area contributed by atoms with Crippen molar-refractivity contribution in [3.8, 4) is 5.75 Å². The smallest absolute Gasteiger partial charge is 0.324 e. The van der Waals surface area contributed by atoms with Gasteiger partial charge in [-0.15, -0.1) is 0 Å². The highest BCUT2D eigenvalue weighted by molar-refractivity contribution is 7.90. The van der Waals surface area contributed by atoms with Crippen molar-refractivity contribution in [2.45, 2.75) is 55.4 Å². The van der Waals surface area contributed by atoms with Crippen molar-refractivity contribution in [1.82, 2.24) is 15.0 Å². The van der Waals surface area contributed by atoms with E-state index in [1.165, 1.54) is 25.0 Å². The average Bonchev–Trinajstić information content (AvgIpc) is 3.54. The van der Waals surface area contributed by atoms with Gasteiger partial charge in [0, 0.05) is 44.4 Å². The van der Waals surface area contributed by atoms with Gasteiger partial charge in [0.1, 0.15) is 0 Å². The van der Waals surface area contributed by atoms with Crippen molar-refractivity contribution < 1.29 is 22.1 Å². The van der Waals surface area contributed by atoms with Crippen LogP contribution in [-0.4, -0.2) is 68.5 Å². The summed E-state index contributed by atoms with van der Waals surface area (Å²) in [5.74, 6) is 1.24. The molecule has 1 saturated heterocycles. The van der Waals surface area contributed by atoms with Gasteiger partial charge in [-0.05, 0) is 62.6 Å². The predicted molar refractivity (Wildman–Crippen MR) is 121 cm³/mol. The third kappa shape index (κ3) is 5.32. The first kappa shape index (κ1) is 22.6. The highest BCUT2D eigenvalue weighted by Gasteiger charge is 2.32. The Bertz CT molecular complexity index is 1070. The summed E-state index contributed by atoms with van der Waals surface area (Å²) in [6, 6.07) is 5.06. The molecule has 0 radical (unpaired) electrons. The molecule has 0 atom stereocenters. The zero-order valence-corrected chi connectivity index (χ0v) is 19.8. The Kier molecular flexibility index (Phi) is 6.30. The first-order chi connectivity index (χ1) is 15.9. The monoisotopic (exact) mass is 478 g/mol. The Morgan fingerprint density at radius 3 is 2.45 bits per heavy atom. The highest BCUT2D eigenvalue weighted by Crippen LogP contribution is 2.39. The molecule has 3 aliphatic rings. The maximum absolute atomic E-state index is 14.2. The van der Waals surface area contributed by atoms with Crippen LogP contribution in [-0.2, 0) is 9.84 Å². The van der Waals surface area contributed by atoms with Gasteiger partial charge in [-0.1, -0.05) is 5.16 Å². The van der Waals surface area contributed by atoms with Crippen LogP contribution in [0.15, 0.2) is 27.6 Å². The molecule has 1 aromatic heterocycles. The minimum Gasteiger partial charge on any atom is -0.490 e. The van der Waals surface area contributed by atoms with E-state index >= 15 is 0 Å². The third-order valence-electron chi connectivity index (χ3n) is 7.10. The van der Waals surface area contributed by atoms with E-state index in [-0.39, 0.29) is 10.6 Å². The molecular weight excluding hydrogens is 447 g/mol. The van der Waals surface area contributed by atoms with Gasteiger partial charge in [0.25, 0.3) is 0 Å². The first-order valence-corrected chi connectivity index (χ1v) is 13.7. The van der Waals surface area contributed by atoms with Crippen molar-refractivity contribution in [2.24, 2.45) is 5.92 Å². The quantitative estimate of drug-likeness (QED) is 0.599. The largest absolute Gasteiger partial charge is 0.490 e. The third-order valence-corrected chi connectivity index (χ3v) is 8.21. The van der Waals surface area contributed by atoms with E-state index in [0.717, 1.165) is 70.0 Å². The topological polar surface area (TPSA) is 88.8 Å². The first-order valence-electron chi connectivity index (χ1n) is 11.8. The molecule has 33 heavy (non-hydrogen) atoms. The van der Waals surface area contributed by atoms with Gasteiger partial charge in [0.05, 0.1) is 11.5 Å². The maximum Gasteiger partial charge on any atom is 0.324 e. The van der Waals surface area contributed by atoms with Crippen molar-refractivity contribution >= 4 is 15.9 Å². The van der Waals surface area contributed by atoms with Gasteiger partial charge in [0.2, 0.25) is 0 Å². The molecule has 8 nitrogen and oxygen atoms in total. The molecule has 180 valence electrons. The maximum atomic E-state index is 14.2. The van der Waals surface area contributed by atoms with E-state index in [1.807, 2.05) is 0 Å². The van der Waals surface area contributed by atoms with Crippen LogP contribution in [0.5, 0.6) is 5.75 Å². The summed E-state index contributed by atoms with van der Waals surface area (Å²) >= 11 is 0. The van der Waals surface area contributed by atoms with Gasteiger partial charge < -0.3 is 14.2 Å². The van der Waals surface area contributed by atoms with Crippen molar-refractivity contribution in [2.75, 3.05) is 43.9 Å². The molecule has 0 unspecified atom stereocenters. The van der Waals surface area contributed by atoms with Crippen molar-refractivity contribution in [1.29, 1.82) is 0 Å². The zero-order chi connectivity index (χ0) is 23.0. The number of aromatic nitrogens is 2. The van der Waals surface area contributed by atoms with Crippen LogP contribution in [0.25, 0.3) is 0 Å². The average molecular weight is 479 g/mol. The molecule has 0 bridgehead atoms. The lowest BCUT2D eigenvalue weighted by atomic mass is 9.85. The molecule has 2 aromatic rings. The number of rotatable bonds is 7. The molecule has 1 aliphatic heterocycles. The molecule has 2 saturated carbocycles. The van der Waals surface area contributed by atoms with E-state index in [0.29, 0.717) is 30.5 Å². The fraction of sp³-hybridized carbons (Fsp3) is 0.652. The number of sulfone groups is 1. The van der Waals surface area contributed by atoms with Crippen LogP contribution in [0.4, 0.5) is 10.4 Å². The number of hydrogen-bond donors (Lipinski definition) is 0. The second kappa shape index (κ2) is 9.21. The molecule has 5 rings (SSSR count). The molecule has 3 fully saturated rings. The highest BCUT2D eigenvalue weighted by atomic mass is 32.2. The Morgan fingerprint density at radius 1 is 1.09 bits per heavy atom. The number of nitrogens with zero attached hydrogens (tertiary/aromatic N) is 4.